The molecule has 4 heteroatoms. The summed E-state index contributed by atoms with van der Waals surface area (Å²) < 4.78 is 5.67. The average molecular weight is 320 g/mol. The molecule has 0 aliphatic heterocycles. The second-order valence-electron chi connectivity index (χ2n) is 5.91. The summed E-state index contributed by atoms with van der Waals surface area (Å²) in [7, 11) is 0. The minimum absolute atomic E-state index is 0.101. The Labute approximate surface area is 141 Å². The zero-order chi connectivity index (χ0) is 16.9. The molecule has 0 aliphatic rings. The van der Waals surface area contributed by atoms with E-state index in [1.165, 1.54) is 0 Å². The molecule has 0 aliphatic carbocycles. The normalized spacial score (nSPS) is 10.8. The molecular weight excluding hydrogens is 300 g/mol. The van der Waals surface area contributed by atoms with Gasteiger partial charge in [0.2, 0.25) is 0 Å². The van der Waals surface area contributed by atoms with Crippen LogP contribution in [0.15, 0.2) is 60.8 Å². The Hall–Kier alpha value is -2.88. The van der Waals surface area contributed by atoms with E-state index in [-0.39, 0.29) is 12.0 Å². The molecule has 0 atom stereocenters. The molecule has 3 aromatic rings. The van der Waals surface area contributed by atoms with Crippen LogP contribution in [0.5, 0.6) is 5.75 Å². The highest BCUT2D eigenvalue weighted by Gasteiger charge is 2.07. The topological polar surface area (TPSA) is 51.2 Å². The molecule has 0 bridgehead atoms. The van der Waals surface area contributed by atoms with Gasteiger partial charge in [0.25, 0.3) is 5.91 Å². The Kier molecular flexibility index (Phi) is 4.75. The first-order valence-corrected chi connectivity index (χ1v) is 8.00. The van der Waals surface area contributed by atoms with Gasteiger partial charge in [0.05, 0.1) is 11.6 Å². The standard InChI is InChI=1S/C20H20N2O2/c1-14(2)24-18-7-3-5-15(11-18)13-22-20(23)17-8-9-19-16(12-17)6-4-10-21-19/h3-12,14H,13H2,1-2H3,(H,22,23). The van der Waals surface area contributed by atoms with E-state index in [2.05, 4.69) is 10.3 Å². The summed E-state index contributed by atoms with van der Waals surface area (Å²) in [4.78, 5) is 16.6. The predicted octanol–water partition coefficient (Wildman–Crippen LogP) is 3.95. The van der Waals surface area contributed by atoms with Crippen LogP contribution >= 0.6 is 0 Å². The van der Waals surface area contributed by atoms with Crippen molar-refractivity contribution in [2.24, 2.45) is 0 Å². The summed E-state index contributed by atoms with van der Waals surface area (Å²) in [5.41, 5.74) is 2.52. The van der Waals surface area contributed by atoms with Crippen LogP contribution in [0.1, 0.15) is 29.8 Å². The number of hydrogen-bond donors (Lipinski definition) is 1. The Morgan fingerprint density at radius 3 is 2.83 bits per heavy atom. The lowest BCUT2D eigenvalue weighted by atomic mass is 10.1. The van der Waals surface area contributed by atoms with Crippen molar-refractivity contribution in [3.63, 3.8) is 0 Å². The quantitative estimate of drug-likeness (QED) is 0.774. The van der Waals surface area contributed by atoms with E-state index in [9.17, 15) is 4.79 Å². The molecule has 122 valence electrons. The molecule has 0 unspecified atom stereocenters. The summed E-state index contributed by atoms with van der Waals surface area (Å²) in [6.45, 7) is 4.44. The number of pyridine rings is 1. The molecule has 1 amide bonds. The minimum atomic E-state index is -0.101. The van der Waals surface area contributed by atoms with Crippen molar-refractivity contribution < 1.29 is 9.53 Å². The van der Waals surface area contributed by atoms with E-state index in [1.807, 2.05) is 62.4 Å². The van der Waals surface area contributed by atoms with E-state index in [0.717, 1.165) is 22.2 Å². The van der Waals surface area contributed by atoms with Crippen molar-refractivity contribution in [3.8, 4) is 5.75 Å². The molecule has 0 fully saturated rings. The van der Waals surface area contributed by atoms with E-state index in [0.29, 0.717) is 12.1 Å². The third kappa shape index (κ3) is 3.90. The molecule has 1 heterocycles. The molecule has 0 spiro atoms. The van der Waals surface area contributed by atoms with Crippen LogP contribution in [-0.4, -0.2) is 17.0 Å². The SMILES string of the molecule is CC(C)Oc1cccc(CNC(=O)c2ccc3ncccc3c2)c1. The average Bonchev–Trinajstić information content (AvgIpc) is 2.59. The van der Waals surface area contributed by atoms with Gasteiger partial charge in [-0.15, -0.1) is 0 Å². The molecule has 3 rings (SSSR count). The van der Waals surface area contributed by atoms with Crippen LogP contribution < -0.4 is 10.1 Å². The number of hydrogen-bond acceptors (Lipinski definition) is 3. The summed E-state index contributed by atoms with van der Waals surface area (Å²) >= 11 is 0. The van der Waals surface area contributed by atoms with E-state index in [4.69, 9.17) is 4.74 Å². The van der Waals surface area contributed by atoms with E-state index >= 15 is 0 Å². The number of amides is 1. The lowest BCUT2D eigenvalue weighted by Gasteiger charge is -2.11. The monoisotopic (exact) mass is 320 g/mol. The van der Waals surface area contributed by atoms with Crippen molar-refractivity contribution in [1.82, 2.24) is 10.3 Å². The number of carbonyl (C=O) groups excluding carboxylic acids is 1. The Balaban J connectivity index is 1.68. The van der Waals surface area contributed by atoms with Gasteiger partial charge < -0.3 is 10.1 Å². The van der Waals surface area contributed by atoms with Crippen molar-refractivity contribution >= 4 is 16.8 Å². The third-order valence-corrected chi connectivity index (χ3v) is 3.59. The molecule has 24 heavy (non-hydrogen) atoms. The van der Waals surface area contributed by atoms with Crippen molar-refractivity contribution in [3.05, 3.63) is 71.9 Å². The highest BCUT2D eigenvalue weighted by molar-refractivity contribution is 5.97. The Morgan fingerprint density at radius 2 is 2.00 bits per heavy atom. The van der Waals surface area contributed by atoms with Gasteiger partial charge in [0.15, 0.2) is 0 Å². The number of nitrogens with one attached hydrogen (secondary N) is 1. The van der Waals surface area contributed by atoms with Crippen molar-refractivity contribution in [2.45, 2.75) is 26.5 Å². The lowest BCUT2D eigenvalue weighted by Crippen LogP contribution is -2.22. The smallest absolute Gasteiger partial charge is 0.251 e. The van der Waals surface area contributed by atoms with Crippen LogP contribution in [0.2, 0.25) is 0 Å². The zero-order valence-electron chi connectivity index (χ0n) is 13.8. The highest BCUT2D eigenvalue weighted by atomic mass is 16.5. The summed E-state index contributed by atoms with van der Waals surface area (Å²) in [6.07, 6.45) is 1.87. The van der Waals surface area contributed by atoms with Crippen molar-refractivity contribution in [1.29, 1.82) is 0 Å². The maximum absolute atomic E-state index is 12.4. The van der Waals surface area contributed by atoms with Crippen LogP contribution in [0.4, 0.5) is 0 Å². The number of ether oxygens (including phenoxy) is 1. The number of fused-ring (bicyclic) bond motifs is 1. The van der Waals surface area contributed by atoms with E-state index in [1.54, 1.807) is 12.3 Å². The van der Waals surface area contributed by atoms with Gasteiger partial charge in [-0.05, 0) is 55.8 Å². The van der Waals surface area contributed by atoms with Gasteiger partial charge in [0.1, 0.15) is 5.75 Å². The number of benzene rings is 2. The first kappa shape index (κ1) is 16.0. The van der Waals surface area contributed by atoms with Gasteiger partial charge in [-0.3, -0.25) is 9.78 Å². The second-order valence-corrected chi connectivity index (χ2v) is 5.91. The van der Waals surface area contributed by atoms with E-state index < -0.39 is 0 Å². The molecule has 0 saturated heterocycles. The lowest BCUT2D eigenvalue weighted by molar-refractivity contribution is 0.0951. The fourth-order valence-electron chi connectivity index (χ4n) is 2.50. The summed E-state index contributed by atoms with van der Waals surface area (Å²) in [6, 6.07) is 17.1. The Bertz CT molecular complexity index is 859. The van der Waals surface area contributed by atoms with Crippen LogP contribution in [0.25, 0.3) is 10.9 Å². The van der Waals surface area contributed by atoms with Crippen LogP contribution in [0, 0.1) is 0 Å². The fraction of sp³-hybridized carbons (Fsp3) is 0.200. The molecular formula is C20H20N2O2. The molecule has 0 radical (unpaired) electrons. The second kappa shape index (κ2) is 7.13. The molecule has 4 nitrogen and oxygen atoms in total. The number of carbonyl (C=O) groups is 1. The third-order valence-electron chi connectivity index (χ3n) is 3.59. The molecule has 1 aromatic heterocycles. The van der Waals surface area contributed by atoms with Crippen LogP contribution in [0.3, 0.4) is 0 Å². The van der Waals surface area contributed by atoms with Gasteiger partial charge in [-0.25, -0.2) is 0 Å². The van der Waals surface area contributed by atoms with Crippen LogP contribution in [-0.2, 0) is 6.54 Å². The largest absolute Gasteiger partial charge is 0.491 e. The number of aromatic nitrogens is 1. The Morgan fingerprint density at radius 1 is 1.12 bits per heavy atom. The summed E-state index contributed by atoms with van der Waals surface area (Å²) in [5, 5.41) is 3.90. The maximum atomic E-state index is 12.4. The van der Waals surface area contributed by atoms with Crippen molar-refractivity contribution in [2.75, 3.05) is 0 Å². The first-order chi connectivity index (χ1) is 11.6. The minimum Gasteiger partial charge on any atom is -0.491 e. The van der Waals surface area contributed by atoms with Gasteiger partial charge in [-0.1, -0.05) is 18.2 Å². The van der Waals surface area contributed by atoms with Gasteiger partial charge in [0, 0.05) is 23.7 Å². The highest BCUT2D eigenvalue weighted by Crippen LogP contribution is 2.16. The number of rotatable bonds is 5. The summed E-state index contributed by atoms with van der Waals surface area (Å²) in [5.74, 6) is 0.712. The fourth-order valence-corrected chi connectivity index (χ4v) is 2.50. The molecule has 0 saturated carbocycles. The first-order valence-electron chi connectivity index (χ1n) is 8.00. The predicted molar refractivity (Wildman–Crippen MR) is 95.1 cm³/mol. The van der Waals surface area contributed by atoms with Gasteiger partial charge in [-0.2, -0.15) is 0 Å². The zero-order valence-corrected chi connectivity index (χ0v) is 13.8. The van der Waals surface area contributed by atoms with Gasteiger partial charge >= 0.3 is 0 Å². The number of nitrogens with zero attached hydrogens (tertiary/aromatic N) is 1. The molecule has 1 N–H and O–H groups in total. The maximum Gasteiger partial charge on any atom is 0.251 e. The molecule has 2 aromatic carbocycles.